The van der Waals surface area contributed by atoms with Gasteiger partial charge in [-0.2, -0.15) is 0 Å². The molecule has 5 nitrogen and oxygen atoms in total. The SMILES string of the molecule is COC(=O)c1sc(C#CC(C)C)cc1N(C(=O)[C@H]1CC[C@H](C)CC1)[C@H]1CC[C@H](O)CC1. The fraction of sp³-hybridized carbons (Fsp3) is 0.680. The molecule has 1 amide bonds. The standard InChI is InChI=1S/C25H35NO4S/c1-16(2)5-14-21-15-22(23(31-21)25(29)30-4)26(19-10-12-20(27)13-11-19)24(28)18-8-6-17(3)7-9-18/h15-20,27H,6-13H2,1-4H3/t17-,18-,19-,20-. The predicted octanol–water partition coefficient (Wildman–Crippen LogP) is 5.01. The minimum atomic E-state index is -0.427. The third-order valence-corrected chi connectivity index (χ3v) is 7.48. The van der Waals surface area contributed by atoms with Crippen LogP contribution in [0, 0.1) is 29.6 Å². The lowest BCUT2D eigenvalue weighted by molar-refractivity contribution is -0.124. The van der Waals surface area contributed by atoms with E-state index >= 15 is 0 Å². The van der Waals surface area contributed by atoms with Gasteiger partial charge in [-0.15, -0.1) is 11.3 Å². The lowest BCUT2D eigenvalue weighted by atomic mass is 9.81. The molecule has 3 rings (SSSR count). The van der Waals surface area contributed by atoms with Gasteiger partial charge in [-0.1, -0.05) is 32.6 Å². The molecular formula is C25H35NO4S. The first-order chi connectivity index (χ1) is 14.8. The highest BCUT2D eigenvalue weighted by molar-refractivity contribution is 7.15. The Morgan fingerprint density at radius 1 is 1.13 bits per heavy atom. The number of amides is 1. The molecule has 170 valence electrons. The molecule has 1 aromatic heterocycles. The van der Waals surface area contributed by atoms with E-state index in [9.17, 15) is 14.7 Å². The number of ether oxygens (including phenoxy) is 1. The number of hydrogen-bond acceptors (Lipinski definition) is 5. The number of esters is 1. The number of hydrogen-bond donors (Lipinski definition) is 1. The molecule has 31 heavy (non-hydrogen) atoms. The van der Waals surface area contributed by atoms with Gasteiger partial charge in [-0.25, -0.2) is 4.79 Å². The van der Waals surface area contributed by atoms with Crippen molar-refractivity contribution < 1.29 is 19.4 Å². The summed E-state index contributed by atoms with van der Waals surface area (Å²) in [7, 11) is 1.37. The minimum absolute atomic E-state index is 0.0147. The van der Waals surface area contributed by atoms with Crippen LogP contribution in [0.1, 0.15) is 86.7 Å². The molecule has 0 aromatic carbocycles. The number of aliphatic hydroxyl groups is 1. The number of anilines is 1. The molecule has 1 N–H and O–H groups in total. The molecule has 0 spiro atoms. The second-order valence-electron chi connectivity index (χ2n) is 9.37. The first-order valence-corrected chi connectivity index (χ1v) is 12.4. The highest BCUT2D eigenvalue weighted by atomic mass is 32.1. The van der Waals surface area contributed by atoms with E-state index in [2.05, 4.69) is 18.8 Å². The van der Waals surface area contributed by atoms with E-state index in [0.717, 1.165) is 43.4 Å². The maximum absolute atomic E-state index is 13.8. The molecule has 0 atom stereocenters. The van der Waals surface area contributed by atoms with Crippen LogP contribution in [0.3, 0.4) is 0 Å². The smallest absolute Gasteiger partial charge is 0.350 e. The Morgan fingerprint density at radius 3 is 2.35 bits per heavy atom. The Morgan fingerprint density at radius 2 is 1.77 bits per heavy atom. The topological polar surface area (TPSA) is 66.8 Å². The predicted molar refractivity (Wildman–Crippen MR) is 124 cm³/mol. The third kappa shape index (κ3) is 5.90. The maximum atomic E-state index is 13.8. The van der Waals surface area contributed by atoms with Crippen molar-refractivity contribution in [3.8, 4) is 11.8 Å². The van der Waals surface area contributed by atoms with Crippen LogP contribution in [-0.2, 0) is 9.53 Å². The molecule has 0 radical (unpaired) electrons. The average Bonchev–Trinajstić information content (AvgIpc) is 3.17. The van der Waals surface area contributed by atoms with E-state index in [-0.39, 0.29) is 29.9 Å². The van der Waals surface area contributed by atoms with Gasteiger partial charge in [0.2, 0.25) is 5.91 Å². The van der Waals surface area contributed by atoms with Gasteiger partial charge in [-0.05, 0) is 63.4 Å². The Hall–Kier alpha value is -1.84. The summed E-state index contributed by atoms with van der Waals surface area (Å²) in [6.45, 7) is 6.29. The first-order valence-electron chi connectivity index (χ1n) is 11.5. The molecule has 6 heteroatoms. The minimum Gasteiger partial charge on any atom is -0.465 e. The van der Waals surface area contributed by atoms with Gasteiger partial charge in [0.05, 0.1) is 23.8 Å². The average molecular weight is 446 g/mol. The zero-order chi connectivity index (χ0) is 22.5. The number of rotatable bonds is 4. The first kappa shape index (κ1) is 23.8. The van der Waals surface area contributed by atoms with E-state index in [1.807, 2.05) is 24.8 Å². The summed E-state index contributed by atoms with van der Waals surface area (Å²) in [5.41, 5.74) is 0.634. The summed E-state index contributed by atoms with van der Waals surface area (Å²) < 4.78 is 5.06. The molecule has 2 aliphatic rings. The summed E-state index contributed by atoms with van der Waals surface area (Å²) in [5.74, 6) is 6.85. The van der Waals surface area contributed by atoms with Crippen LogP contribution in [0.4, 0.5) is 5.69 Å². The highest BCUT2D eigenvalue weighted by Gasteiger charge is 2.37. The Bertz CT molecular complexity index is 833. The number of methoxy groups -OCH3 is 1. The number of carbonyl (C=O) groups excluding carboxylic acids is 2. The summed E-state index contributed by atoms with van der Waals surface area (Å²) >= 11 is 1.30. The Labute approximate surface area is 190 Å². The normalized spacial score (nSPS) is 26.1. The molecule has 2 aliphatic carbocycles. The van der Waals surface area contributed by atoms with Gasteiger partial charge in [0, 0.05) is 17.9 Å². The second-order valence-corrected chi connectivity index (χ2v) is 10.4. The summed E-state index contributed by atoms with van der Waals surface area (Å²) in [4.78, 5) is 29.5. The van der Waals surface area contributed by atoms with Crippen molar-refractivity contribution in [1.29, 1.82) is 0 Å². The van der Waals surface area contributed by atoms with Crippen molar-refractivity contribution in [2.45, 2.75) is 84.3 Å². The van der Waals surface area contributed by atoms with E-state index < -0.39 is 5.97 Å². The molecule has 0 aliphatic heterocycles. The Balaban J connectivity index is 2.00. The van der Waals surface area contributed by atoms with Gasteiger partial charge in [-0.3, -0.25) is 4.79 Å². The lowest BCUT2D eigenvalue weighted by Gasteiger charge is -2.38. The van der Waals surface area contributed by atoms with Crippen LogP contribution in [0.25, 0.3) is 0 Å². The van der Waals surface area contributed by atoms with Crippen molar-refractivity contribution in [2.24, 2.45) is 17.8 Å². The van der Waals surface area contributed by atoms with Gasteiger partial charge in [0.25, 0.3) is 0 Å². The summed E-state index contributed by atoms with van der Waals surface area (Å²) in [6, 6.07) is 1.87. The lowest BCUT2D eigenvalue weighted by Crippen LogP contribution is -2.47. The van der Waals surface area contributed by atoms with Gasteiger partial charge in [0.15, 0.2) is 0 Å². The van der Waals surface area contributed by atoms with Gasteiger partial charge < -0.3 is 14.7 Å². The van der Waals surface area contributed by atoms with Crippen molar-refractivity contribution >= 4 is 28.9 Å². The fourth-order valence-electron chi connectivity index (χ4n) is 4.59. The second kappa shape index (κ2) is 10.7. The van der Waals surface area contributed by atoms with E-state index in [1.54, 1.807) is 0 Å². The molecular weight excluding hydrogens is 410 g/mol. The molecule has 2 fully saturated rings. The van der Waals surface area contributed by atoms with Crippen molar-refractivity contribution in [2.75, 3.05) is 12.0 Å². The monoisotopic (exact) mass is 445 g/mol. The van der Waals surface area contributed by atoms with Crippen LogP contribution in [0.15, 0.2) is 6.07 Å². The van der Waals surface area contributed by atoms with Crippen LogP contribution >= 0.6 is 11.3 Å². The number of thiophene rings is 1. The van der Waals surface area contributed by atoms with Gasteiger partial charge >= 0.3 is 5.97 Å². The third-order valence-electron chi connectivity index (χ3n) is 6.46. The van der Waals surface area contributed by atoms with E-state index in [1.165, 1.54) is 18.4 Å². The fourth-order valence-corrected chi connectivity index (χ4v) is 5.52. The molecule has 2 saturated carbocycles. The highest BCUT2D eigenvalue weighted by Crippen LogP contribution is 2.39. The molecule has 0 saturated heterocycles. The molecule has 0 unspecified atom stereocenters. The molecule has 1 heterocycles. The van der Waals surface area contributed by atoms with Crippen molar-refractivity contribution in [1.82, 2.24) is 0 Å². The van der Waals surface area contributed by atoms with Crippen LogP contribution in [-0.4, -0.2) is 36.2 Å². The summed E-state index contributed by atoms with van der Waals surface area (Å²) in [6.07, 6.45) is 6.42. The zero-order valence-corrected chi connectivity index (χ0v) is 20.0. The van der Waals surface area contributed by atoms with E-state index in [4.69, 9.17) is 4.74 Å². The maximum Gasteiger partial charge on any atom is 0.350 e. The zero-order valence-electron chi connectivity index (χ0n) is 19.1. The van der Waals surface area contributed by atoms with Crippen molar-refractivity contribution in [3.05, 3.63) is 15.8 Å². The van der Waals surface area contributed by atoms with Gasteiger partial charge in [0.1, 0.15) is 4.88 Å². The number of nitrogens with zero attached hydrogens (tertiary/aromatic N) is 1. The van der Waals surface area contributed by atoms with E-state index in [0.29, 0.717) is 29.3 Å². The Kier molecular flexibility index (Phi) is 8.18. The summed E-state index contributed by atoms with van der Waals surface area (Å²) in [5, 5.41) is 10.0. The van der Waals surface area contributed by atoms with Crippen LogP contribution < -0.4 is 4.90 Å². The van der Waals surface area contributed by atoms with Crippen LogP contribution in [0.5, 0.6) is 0 Å². The number of carbonyl (C=O) groups is 2. The molecule has 1 aromatic rings. The van der Waals surface area contributed by atoms with Crippen LogP contribution in [0.2, 0.25) is 0 Å². The largest absolute Gasteiger partial charge is 0.465 e. The molecule has 0 bridgehead atoms. The quantitative estimate of drug-likeness (QED) is 0.523. The van der Waals surface area contributed by atoms with Crippen molar-refractivity contribution in [3.63, 3.8) is 0 Å². The number of aliphatic hydroxyl groups excluding tert-OH is 1.